The van der Waals surface area contributed by atoms with Crippen LogP contribution in [0.25, 0.3) is 21.7 Å². The number of rotatable bonds is 3. The van der Waals surface area contributed by atoms with Crippen molar-refractivity contribution in [1.82, 2.24) is 0 Å². The van der Waals surface area contributed by atoms with E-state index in [1.165, 1.54) is 7.11 Å². The highest BCUT2D eigenvalue weighted by atomic mass is 35.5. The van der Waals surface area contributed by atoms with Gasteiger partial charge in [-0.15, -0.1) is 0 Å². The zero-order valence-corrected chi connectivity index (χ0v) is 13.0. The first-order valence-corrected chi connectivity index (χ1v) is 7.28. The van der Waals surface area contributed by atoms with Crippen LogP contribution < -0.4 is 10.4 Å². The van der Waals surface area contributed by atoms with Crippen molar-refractivity contribution >= 4 is 33.3 Å². The molecule has 3 aromatic rings. The molecule has 22 heavy (non-hydrogen) atoms. The van der Waals surface area contributed by atoms with Gasteiger partial charge in [0.2, 0.25) is 0 Å². The van der Waals surface area contributed by atoms with Gasteiger partial charge in [0.05, 0.1) is 12.5 Å². The van der Waals surface area contributed by atoms with Crippen LogP contribution in [0.1, 0.15) is 11.1 Å². The maximum absolute atomic E-state index is 12.4. The van der Waals surface area contributed by atoms with E-state index in [0.29, 0.717) is 23.1 Å². The van der Waals surface area contributed by atoms with Gasteiger partial charge in [0, 0.05) is 17.4 Å². The molecule has 0 atom stereocenters. The van der Waals surface area contributed by atoms with E-state index in [1.807, 2.05) is 31.2 Å². The van der Waals surface area contributed by atoms with Gasteiger partial charge in [-0.05, 0) is 30.5 Å². The average molecular weight is 319 g/mol. The number of hydrogen-bond acceptors (Lipinski definition) is 4. The van der Waals surface area contributed by atoms with Crippen LogP contribution in [-0.2, 0) is 6.42 Å². The predicted molar refractivity (Wildman–Crippen MR) is 87.1 cm³/mol. The molecule has 0 aliphatic heterocycles. The molecular formula is C17H15ClO4. The largest absolute Gasteiger partial charge is 0.495 e. The average Bonchev–Trinajstić information content (AvgIpc) is 2.51. The SMILES string of the molecule is COc1cc(C)c2c(oc(=O)c3c(CCO)cccc32)c1Cl. The number of aliphatic hydroxyl groups is 1. The number of benzene rings is 2. The summed E-state index contributed by atoms with van der Waals surface area (Å²) in [4.78, 5) is 12.4. The molecule has 0 saturated carbocycles. The van der Waals surface area contributed by atoms with E-state index in [4.69, 9.17) is 20.8 Å². The van der Waals surface area contributed by atoms with E-state index in [2.05, 4.69) is 0 Å². The van der Waals surface area contributed by atoms with Crippen LogP contribution in [0.2, 0.25) is 5.02 Å². The molecule has 0 aliphatic carbocycles. The Kier molecular flexibility index (Phi) is 3.81. The van der Waals surface area contributed by atoms with Crippen molar-refractivity contribution in [2.75, 3.05) is 13.7 Å². The van der Waals surface area contributed by atoms with Crippen molar-refractivity contribution in [1.29, 1.82) is 0 Å². The van der Waals surface area contributed by atoms with Gasteiger partial charge in [-0.3, -0.25) is 0 Å². The quantitative estimate of drug-likeness (QED) is 0.593. The maximum atomic E-state index is 12.4. The number of aliphatic hydroxyl groups excluding tert-OH is 1. The summed E-state index contributed by atoms with van der Waals surface area (Å²) in [5.74, 6) is 0.473. The summed E-state index contributed by atoms with van der Waals surface area (Å²) < 4.78 is 10.7. The molecule has 5 heteroatoms. The summed E-state index contributed by atoms with van der Waals surface area (Å²) in [5.41, 5.74) is 1.55. The lowest BCUT2D eigenvalue weighted by Crippen LogP contribution is -2.06. The highest BCUT2D eigenvalue weighted by Crippen LogP contribution is 2.37. The Morgan fingerprint density at radius 1 is 1.32 bits per heavy atom. The second kappa shape index (κ2) is 5.63. The van der Waals surface area contributed by atoms with Crippen LogP contribution in [0.3, 0.4) is 0 Å². The lowest BCUT2D eigenvalue weighted by molar-refractivity contribution is 0.300. The van der Waals surface area contributed by atoms with Crippen LogP contribution in [-0.4, -0.2) is 18.8 Å². The van der Waals surface area contributed by atoms with Crippen LogP contribution in [0, 0.1) is 6.92 Å². The molecule has 0 spiro atoms. The van der Waals surface area contributed by atoms with Gasteiger partial charge in [-0.1, -0.05) is 29.8 Å². The number of ether oxygens (including phenoxy) is 1. The standard InChI is InChI=1S/C17H15ClO4/c1-9-8-12(21-2)15(18)16-13(9)11-5-3-4-10(6-7-19)14(11)17(20)22-16/h3-5,8,19H,6-7H2,1-2H3. The molecule has 114 valence electrons. The second-order valence-electron chi connectivity index (χ2n) is 5.12. The molecule has 1 aromatic heterocycles. The minimum atomic E-state index is -0.457. The van der Waals surface area contributed by atoms with Crippen LogP contribution in [0.4, 0.5) is 0 Å². The third-order valence-electron chi connectivity index (χ3n) is 3.80. The summed E-state index contributed by atoms with van der Waals surface area (Å²) in [5, 5.41) is 11.5. The van der Waals surface area contributed by atoms with Gasteiger partial charge in [0.25, 0.3) is 0 Å². The van der Waals surface area contributed by atoms with E-state index in [0.717, 1.165) is 21.9 Å². The normalized spacial score (nSPS) is 11.3. The molecule has 0 saturated heterocycles. The van der Waals surface area contributed by atoms with E-state index >= 15 is 0 Å². The van der Waals surface area contributed by atoms with Crippen molar-refractivity contribution < 1.29 is 14.3 Å². The zero-order valence-electron chi connectivity index (χ0n) is 12.3. The number of aryl methyl sites for hydroxylation is 1. The van der Waals surface area contributed by atoms with E-state index in [-0.39, 0.29) is 11.6 Å². The van der Waals surface area contributed by atoms with E-state index in [9.17, 15) is 9.90 Å². The Morgan fingerprint density at radius 3 is 2.77 bits per heavy atom. The number of fused-ring (bicyclic) bond motifs is 3. The van der Waals surface area contributed by atoms with Crippen molar-refractivity contribution in [3.8, 4) is 5.75 Å². The summed E-state index contributed by atoms with van der Waals surface area (Å²) >= 11 is 6.29. The molecule has 1 N–H and O–H groups in total. The van der Waals surface area contributed by atoms with Gasteiger partial charge < -0.3 is 14.3 Å². The molecule has 1 heterocycles. The highest BCUT2D eigenvalue weighted by Gasteiger charge is 2.17. The first-order valence-electron chi connectivity index (χ1n) is 6.90. The molecule has 0 amide bonds. The Hall–Kier alpha value is -2.04. The minimum Gasteiger partial charge on any atom is -0.495 e. The third-order valence-corrected chi connectivity index (χ3v) is 4.16. The molecule has 3 rings (SSSR count). The Bertz CT molecular complexity index is 927. The van der Waals surface area contributed by atoms with E-state index in [1.54, 1.807) is 0 Å². The monoisotopic (exact) mass is 318 g/mol. The van der Waals surface area contributed by atoms with Crippen molar-refractivity contribution in [2.24, 2.45) is 0 Å². The van der Waals surface area contributed by atoms with Gasteiger partial charge >= 0.3 is 5.63 Å². The van der Waals surface area contributed by atoms with Crippen molar-refractivity contribution in [3.05, 3.63) is 50.8 Å². The molecule has 0 aliphatic rings. The van der Waals surface area contributed by atoms with Gasteiger partial charge in [0.1, 0.15) is 10.8 Å². The summed E-state index contributed by atoms with van der Waals surface area (Å²) in [6.07, 6.45) is 0.399. The van der Waals surface area contributed by atoms with Crippen LogP contribution in [0.15, 0.2) is 33.5 Å². The second-order valence-corrected chi connectivity index (χ2v) is 5.49. The molecule has 0 radical (unpaired) electrons. The Morgan fingerprint density at radius 2 is 2.09 bits per heavy atom. The van der Waals surface area contributed by atoms with Gasteiger partial charge in [-0.25, -0.2) is 4.79 Å². The first-order chi connectivity index (χ1) is 10.6. The van der Waals surface area contributed by atoms with E-state index < -0.39 is 5.63 Å². The molecule has 2 aromatic carbocycles. The van der Waals surface area contributed by atoms with Crippen LogP contribution in [0.5, 0.6) is 5.75 Å². The fourth-order valence-electron chi connectivity index (χ4n) is 2.83. The zero-order chi connectivity index (χ0) is 15.9. The summed E-state index contributed by atoms with van der Waals surface area (Å²) in [6, 6.07) is 7.37. The topological polar surface area (TPSA) is 59.7 Å². The Labute approximate surface area is 131 Å². The molecule has 0 unspecified atom stereocenters. The lowest BCUT2D eigenvalue weighted by atomic mass is 9.99. The third kappa shape index (κ3) is 2.16. The Balaban J connectivity index is 2.55. The number of hydrogen-bond donors (Lipinski definition) is 1. The summed E-state index contributed by atoms with van der Waals surface area (Å²) in [7, 11) is 1.52. The summed E-state index contributed by atoms with van der Waals surface area (Å²) in [6.45, 7) is 1.89. The number of halogens is 1. The lowest BCUT2D eigenvalue weighted by Gasteiger charge is -2.12. The molecule has 4 nitrogen and oxygen atoms in total. The smallest absolute Gasteiger partial charge is 0.344 e. The number of methoxy groups -OCH3 is 1. The van der Waals surface area contributed by atoms with Gasteiger partial charge in [-0.2, -0.15) is 0 Å². The highest BCUT2D eigenvalue weighted by molar-refractivity contribution is 6.37. The fourth-order valence-corrected chi connectivity index (χ4v) is 3.10. The molecular weight excluding hydrogens is 304 g/mol. The van der Waals surface area contributed by atoms with Crippen molar-refractivity contribution in [2.45, 2.75) is 13.3 Å². The van der Waals surface area contributed by atoms with Crippen molar-refractivity contribution in [3.63, 3.8) is 0 Å². The molecule has 0 fully saturated rings. The first kappa shape index (κ1) is 14.9. The van der Waals surface area contributed by atoms with Crippen LogP contribution >= 0.6 is 11.6 Å². The minimum absolute atomic E-state index is 0.0288. The maximum Gasteiger partial charge on any atom is 0.344 e. The van der Waals surface area contributed by atoms with Gasteiger partial charge in [0.15, 0.2) is 5.58 Å². The predicted octanol–water partition coefficient (Wildman–Crippen LogP) is 3.45. The fraction of sp³-hybridized carbons (Fsp3) is 0.235. The molecule has 0 bridgehead atoms.